The Hall–Kier alpha value is -1.77. The number of esters is 1. The number of carbonyl (C=O) groups excluding carboxylic acids is 1. The Labute approximate surface area is 103 Å². The zero-order valence-corrected chi connectivity index (χ0v) is 9.83. The second-order valence-electron chi connectivity index (χ2n) is 3.66. The summed E-state index contributed by atoms with van der Waals surface area (Å²) in [4.78, 5) is 19.0. The van der Waals surface area contributed by atoms with Crippen molar-refractivity contribution in [1.82, 2.24) is 9.97 Å². The molecule has 0 aliphatic heterocycles. The van der Waals surface area contributed by atoms with E-state index in [4.69, 9.17) is 0 Å². The number of methoxy groups -OCH3 is 1. The summed E-state index contributed by atoms with van der Waals surface area (Å²) in [5, 5.41) is 30.2. The molecular weight excluding hydrogens is 242 g/mol. The number of aromatic nitrogens is 2. The molecule has 1 rings (SSSR count). The maximum absolute atomic E-state index is 11.5. The van der Waals surface area contributed by atoms with Gasteiger partial charge in [0.1, 0.15) is 23.2 Å². The van der Waals surface area contributed by atoms with E-state index < -0.39 is 31.3 Å². The lowest BCUT2D eigenvalue weighted by atomic mass is 10.0. The topological polar surface area (TPSA) is 125 Å². The third kappa shape index (κ3) is 2.92. The van der Waals surface area contributed by atoms with Gasteiger partial charge in [-0.25, -0.2) is 14.8 Å². The normalized spacial score (nSPS) is 11.1. The van der Waals surface area contributed by atoms with Crippen LogP contribution in [0.25, 0.3) is 0 Å². The molecule has 0 amide bonds. The van der Waals surface area contributed by atoms with Gasteiger partial charge in [0, 0.05) is 6.20 Å². The van der Waals surface area contributed by atoms with Crippen LogP contribution in [-0.4, -0.2) is 63.7 Å². The Balaban J connectivity index is 3.06. The Kier molecular flexibility index (Phi) is 4.95. The molecule has 0 saturated heterocycles. The van der Waals surface area contributed by atoms with Gasteiger partial charge in [0.25, 0.3) is 0 Å². The Morgan fingerprint density at radius 3 is 2.50 bits per heavy atom. The van der Waals surface area contributed by atoms with Gasteiger partial charge in [-0.2, -0.15) is 0 Å². The molecule has 8 heteroatoms. The largest absolute Gasteiger partial charge is 0.465 e. The van der Waals surface area contributed by atoms with Gasteiger partial charge in [0.05, 0.1) is 26.9 Å². The molecule has 0 aromatic carbocycles. The zero-order chi connectivity index (χ0) is 13.6. The molecule has 0 fully saturated rings. The van der Waals surface area contributed by atoms with E-state index in [1.807, 2.05) is 0 Å². The highest BCUT2D eigenvalue weighted by molar-refractivity contribution is 5.94. The van der Waals surface area contributed by atoms with Crippen LogP contribution in [0.3, 0.4) is 0 Å². The molecular formula is C10H15N3O5. The quantitative estimate of drug-likeness (QED) is 0.449. The van der Waals surface area contributed by atoms with Gasteiger partial charge in [0.2, 0.25) is 0 Å². The number of nitrogens with one attached hydrogen (secondary N) is 1. The van der Waals surface area contributed by atoms with Crippen molar-refractivity contribution in [1.29, 1.82) is 0 Å². The molecule has 0 spiro atoms. The number of aliphatic hydroxyl groups excluding tert-OH is 3. The third-order valence-electron chi connectivity index (χ3n) is 2.41. The summed E-state index contributed by atoms with van der Waals surface area (Å²) < 4.78 is 4.55. The number of hydrogen-bond acceptors (Lipinski definition) is 8. The van der Waals surface area contributed by atoms with Crippen LogP contribution in [0.2, 0.25) is 0 Å². The van der Waals surface area contributed by atoms with E-state index >= 15 is 0 Å². The predicted molar refractivity (Wildman–Crippen MR) is 61.0 cm³/mol. The molecule has 0 atom stereocenters. The van der Waals surface area contributed by atoms with Gasteiger partial charge >= 0.3 is 5.97 Å². The number of carbonyl (C=O) groups is 1. The summed E-state index contributed by atoms with van der Waals surface area (Å²) in [6.45, 7) is -1.61. The highest BCUT2D eigenvalue weighted by Gasteiger charge is 2.30. The molecule has 0 bridgehead atoms. The number of ether oxygens (including phenoxy) is 1. The number of hydrogen-bond donors (Lipinski definition) is 4. The molecule has 100 valence electrons. The fourth-order valence-electron chi connectivity index (χ4n) is 1.21. The van der Waals surface area contributed by atoms with Crippen molar-refractivity contribution in [3.63, 3.8) is 0 Å². The van der Waals surface area contributed by atoms with Crippen molar-refractivity contribution in [2.24, 2.45) is 0 Å². The van der Waals surface area contributed by atoms with E-state index in [2.05, 4.69) is 20.0 Å². The lowest BCUT2D eigenvalue weighted by Crippen LogP contribution is -2.49. The molecule has 0 aliphatic carbocycles. The monoisotopic (exact) mass is 257 g/mol. The summed E-state index contributed by atoms with van der Waals surface area (Å²) in [6.07, 6.45) is 2.42. The first-order chi connectivity index (χ1) is 8.62. The Morgan fingerprint density at radius 2 is 2.00 bits per heavy atom. The molecule has 1 heterocycles. The summed E-state index contributed by atoms with van der Waals surface area (Å²) >= 11 is 0. The summed E-state index contributed by atoms with van der Waals surface area (Å²) in [6, 6.07) is 0. The van der Waals surface area contributed by atoms with Crippen molar-refractivity contribution in [3.8, 4) is 0 Å². The van der Waals surface area contributed by atoms with E-state index in [-0.39, 0.29) is 11.4 Å². The third-order valence-corrected chi connectivity index (χ3v) is 2.41. The fraction of sp³-hybridized carbons (Fsp3) is 0.500. The average Bonchev–Trinajstić information content (AvgIpc) is 2.44. The molecule has 8 nitrogen and oxygen atoms in total. The molecule has 0 aliphatic rings. The first-order valence-corrected chi connectivity index (χ1v) is 5.11. The molecule has 18 heavy (non-hydrogen) atoms. The SMILES string of the molecule is COC(=O)c1cncnc1NC(CO)(CO)CO. The van der Waals surface area contributed by atoms with Gasteiger partial charge in [0.15, 0.2) is 0 Å². The van der Waals surface area contributed by atoms with E-state index in [0.717, 1.165) is 0 Å². The van der Waals surface area contributed by atoms with Gasteiger partial charge in [-0.05, 0) is 0 Å². The molecule has 4 N–H and O–H groups in total. The van der Waals surface area contributed by atoms with Crippen LogP contribution in [-0.2, 0) is 4.74 Å². The zero-order valence-electron chi connectivity index (χ0n) is 9.83. The molecule has 0 radical (unpaired) electrons. The Morgan fingerprint density at radius 1 is 1.39 bits per heavy atom. The predicted octanol–water partition coefficient (Wildman–Crippen LogP) is -1.61. The molecule has 0 unspecified atom stereocenters. The number of rotatable bonds is 6. The lowest BCUT2D eigenvalue weighted by molar-refractivity contribution is 0.0597. The standard InChI is InChI=1S/C10H15N3O5/c1-18-9(17)7-2-11-6-12-8(7)13-10(3-14,4-15)5-16/h2,6,14-16H,3-5H2,1H3,(H,11,12,13). The molecule has 0 saturated carbocycles. The van der Waals surface area contributed by atoms with Crippen molar-refractivity contribution < 1.29 is 24.9 Å². The van der Waals surface area contributed by atoms with Crippen LogP contribution in [0.4, 0.5) is 5.82 Å². The van der Waals surface area contributed by atoms with Crippen LogP contribution >= 0.6 is 0 Å². The maximum Gasteiger partial charge on any atom is 0.343 e. The van der Waals surface area contributed by atoms with Crippen LogP contribution in [0.15, 0.2) is 12.5 Å². The summed E-state index contributed by atoms with van der Waals surface area (Å²) in [5.41, 5.74) is -1.34. The van der Waals surface area contributed by atoms with Crippen molar-refractivity contribution in [2.75, 3.05) is 32.2 Å². The minimum Gasteiger partial charge on any atom is -0.465 e. The van der Waals surface area contributed by atoms with E-state index in [1.165, 1.54) is 19.6 Å². The minimum atomic E-state index is -1.38. The van der Waals surface area contributed by atoms with Gasteiger partial charge in [-0.15, -0.1) is 0 Å². The van der Waals surface area contributed by atoms with Gasteiger partial charge in [-0.1, -0.05) is 0 Å². The van der Waals surface area contributed by atoms with Crippen molar-refractivity contribution in [3.05, 3.63) is 18.1 Å². The maximum atomic E-state index is 11.5. The fourth-order valence-corrected chi connectivity index (χ4v) is 1.21. The number of anilines is 1. The summed E-state index contributed by atoms with van der Waals surface area (Å²) in [7, 11) is 1.20. The van der Waals surface area contributed by atoms with Crippen molar-refractivity contribution >= 4 is 11.8 Å². The average molecular weight is 257 g/mol. The number of aliphatic hydroxyl groups is 3. The second kappa shape index (κ2) is 6.24. The first kappa shape index (κ1) is 14.3. The highest BCUT2D eigenvalue weighted by atomic mass is 16.5. The smallest absolute Gasteiger partial charge is 0.343 e. The minimum absolute atomic E-state index is 0.0414. The highest BCUT2D eigenvalue weighted by Crippen LogP contribution is 2.17. The van der Waals surface area contributed by atoms with Crippen LogP contribution < -0.4 is 5.32 Å². The van der Waals surface area contributed by atoms with Crippen LogP contribution in [0.5, 0.6) is 0 Å². The van der Waals surface area contributed by atoms with Gasteiger partial charge < -0.3 is 25.4 Å². The van der Waals surface area contributed by atoms with E-state index in [9.17, 15) is 20.1 Å². The van der Waals surface area contributed by atoms with E-state index in [0.29, 0.717) is 0 Å². The molecule has 1 aromatic rings. The lowest BCUT2D eigenvalue weighted by Gasteiger charge is -2.29. The summed E-state index contributed by atoms with van der Waals surface area (Å²) in [5.74, 6) is -0.602. The first-order valence-electron chi connectivity index (χ1n) is 5.11. The van der Waals surface area contributed by atoms with E-state index in [1.54, 1.807) is 0 Å². The van der Waals surface area contributed by atoms with Gasteiger partial charge in [-0.3, -0.25) is 0 Å². The van der Waals surface area contributed by atoms with Crippen LogP contribution in [0.1, 0.15) is 10.4 Å². The second-order valence-corrected chi connectivity index (χ2v) is 3.66. The van der Waals surface area contributed by atoms with Crippen LogP contribution in [0, 0.1) is 0 Å². The molecule has 1 aromatic heterocycles. The Bertz CT molecular complexity index is 400. The number of nitrogens with zero attached hydrogens (tertiary/aromatic N) is 2. The van der Waals surface area contributed by atoms with Crippen molar-refractivity contribution in [2.45, 2.75) is 5.54 Å².